The predicted molar refractivity (Wildman–Crippen MR) is 119 cm³/mol. The Balaban J connectivity index is 0. The van der Waals surface area contributed by atoms with Crippen LogP contribution in [-0.2, 0) is 10.1 Å². The SMILES string of the molecule is CCCCCCCCCCCCCCC(O)C(CCCCCCC)S(=O)(=O)[O-].[Na+]. The van der Waals surface area contributed by atoms with Crippen LogP contribution < -0.4 is 29.6 Å². The summed E-state index contributed by atoms with van der Waals surface area (Å²) in [5.74, 6) is 0. The van der Waals surface area contributed by atoms with Gasteiger partial charge in [0.05, 0.1) is 11.4 Å². The van der Waals surface area contributed by atoms with Crippen LogP contribution in [0.25, 0.3) is 0 Å². The maximum absolute atomic E-state index is 11.5. The first-order chi connectivity index (χ1) is 13.4. The molecule has 0 aliphatic rings. The van der Waals surface area contributed by atoms with Gasteiger partial charge in [0, 0.05) is 0 Å². The second-order valence-corrected chi connectivity index (χ2v) is 10.1. The van der Waals surface area contributed by atoms with E-state index in [9.17, 15) is 18.1 Å². The quantitative estimate of drug-likeness (QED) is 0.167. The van der Waals surface area contributed by atoms with Crippen LogP contribution >= 0.6 is 0 Å². The van der Waals surface area contributed by atoms with Crippen LogP contribution in [-0.4, -0.2) is 29.4 Å². The number of aliphatic hydroxyl groups is 1. The van der Waals surface area contributed by atoms with Crippen molar-refractivity contribution in [1.29, 1.82) is 0 Å². The summed E-state index contributed by atoms with van der Waals surface area (Å²) in [6, 6.07) is 0. The van der Waals surface area contributed by atoms with Gasteiger partial charge in [0.1, 0.15) is 10.1 Å². The summed E-state index contributed by atoms with van der Waals surface area (Å²) < 4.78 is 34.5. The first-order valence-corrected chi connectivity index (χ1v) is 13.5. The molecule has 0 aromatic rings. The van der Waals surface area contributed by atoms with Gasteiger partial charge in [0.2, 0.25) is 0 Å². The van der Waals surface area contributed by atoms with Crippen molar-refractivity contribution in [2.45, 2.75) is 147 Å². The number of hydrogen-bond donors (Lipinski definition) is 1. The molecule has 0 amide bonds. The summed E-state index contributed by atoms with van der Waals surface area (Å²) in [6.45, 7) is 4.37. The number of unbranched alkanes of at least 4 members (excludes halogenated alkanes) is 15. The molecule has 2 unspecified atom stereocenters. The second-order valence-electron chi connectivity index (χ2n) is 8.48. The van der Waals surface area contributed by atoms with E-state index in [-0.39, 0.29) is 29.6 Å². The van der Waals surface area contributed by atoms with Crippen LogP contribution in [0.1, 0.15) is 136 Å². The standard InChI is InChI=1S/C23H48O4S.Na/c1-3-5-7-9-10-11-12-13-14-15-17-18-20-22(24)23(28(25,26)27)21-19-16-8-6-4-2;/h22-24H,3-21H2,1-2H3,(H,25,26,27);/q;+1/p-1. The van der Waals surface area contributed by atoms with Crippen LogP contribution in [0, 0.1) is 0 Å². The molecule has 1 N–H and O–H groups in total. The van der Waals surface area contributed by atoms with Gasteiger partial charge in [-0.05, 0) is 12.8 Å². The second kappa shape index (κ2) is 22.1. The third-order valence-corrected chi connectivity index (χ3v) is 7.04. The van der Waals surface area contributed by atoms with E-state index in [0.29, 0.717) is 19.3 Å². The molecule has 0 bridgehead atoms. The van der Waals surface area contributed by atoms with E-state index in [1.807, 2.05) is 0 Å². The minimum absolute atomic E-state index is 0. The minimum atomic E-state index is -4.42. The van der Waals surface area contributed by atoms with Gasteiger partial charge in [-0.3, -0.25) is 0 Å². The molecular weight excluding hydrogens is 395 g/mol. The maximum Gasteiger partial charge on any atom is 1.00 e. The van der Waals surface area contributed by atoms with E-state index in [0.717, 1.165) is 44.9 Å². The topological polar surface area (TPSA) is 77.4 Å². The zero-order valence-corrected chi connectivity index (χ0v) is 22.5. The van der Waals surface area contributed by atoms with Gasteiger partial charge in [-0.2, -0.15) is 0 Å². The van der Waals surface area contributed by atoms with E-state index in [2.05, 4.69) is 13.8 Å². The van der Waals surface area contributed by atoms with Crippen LogP contribution in [0.4, 0.5) is 0 Å². The van der Waals surface area contributed by atoms with Gasteiger partial charge in [-0.15, -0.1) is 0 Å². The molecule has 0 saturated carbocycles. The average molecular weight is 443 g/mol. The average Bonchev–Trinajstić information content (AvgIpc) is 2.64. The summed E-state index contributed by atoms with van der Waals surface area (Å²) in [4.78, 5) is 0. The molecule has 0 aliphatic heterocycles. The Hall–Kier alpha value is 0.870. The number of hydrogen-bond acceptors (Lipinski definition) is 4. The molecular formula is C23H47NaO4S. The van der Waals surface area contributed by atoms with Gasteiger partial charge in [-0.25, -0.2) is 8.42 Å². The predicted octanol–water partition coefficient (Wildman–Crippen LogP) is 3.72. The molecule has 29 heavy (non-hydrogen) atoms. The van der Waals surface area contributed by atoms with Crippen LogP contribution in [0.3, 0.4) is 0 Å². The summed E-state index contributed by atoms with van der Waals surface area (Å²) in [7, 11) is -4.42. The molecule has 6 heteroatoms. The van der Waals surface area contributed by atoms with E-state index in [1.165, 1.54) is 57.8 Å². The molecule has 0 spiro atoms. The van der Waals surface area contributed by atoms with Crippen molar-refractivity contribution in [3.05, 3.63) is 0 Å². The number of rotatable bonds is 21. The fourth-order valence-corrected chi connectivity index (χ4v) is 4.83. The molecule has 170 valence electrons. The molecule has 0 aliphatic carbocycles. The van der Waals surface area contributed by atoms with Crippen molar-refractivity contribution >= 4 is 10.1 Å². The van der Waals surface area contributed by atoms with Gasteiger partial charge in [-0.1, -0.05) is 123 Å². The Kier molecular flexibility index (Phi) is 24.4. The van der Waals surface area contributed by atoms with Crippen molar-refractivity contribution in [3.8, 4) is 0 Å². The fourth-order valence-electron chi connectivity index (χ4n) is 3.86. The van der Waals surface area contributed by atoms with Crippen LogP contribution in [0.2, 0.25) is 0 Å². The summed E-state index contributed by atoms with van der Waals surface area (Å²) >= 11 is 0. The maximum atomic E-state index is 11.5. The molecule has 0 saturated heterocycles. The molecule has 0 aromatic carbocycles. The minimum Gasteiger partial charge on any atom is -0.748 e. The summed E-state index contributed by atoms with van der Waals surface area (Å²) in [5.41, 5.74) is 0. The Morgan fingerprint density at radius 1 is 0.621 bits per heavy atom. The Bertz CT molecular complexity index is 429. The molecule has 0 aromatic heterocycles. The van der Waals surface area contributed by atoms with Gasteiger partial charge >= 0.3 is 29.6 Å². The number of aliphatic hydroxyl groups excluding tert-OH is 1. The zero-order chi connectivity index (χ0) is 21.1. The van der Waals surface area contributed by atoms with E-state index >= 15 is 0 Å². The first kappa shape index (κ1) is 32.1. The summed E-state index contributed by atoms with van der Waals surface area (Å²) in [5, 5.41) is 9.11. The normalized spacial score (nSPS) is 13.8. The van der Waals surface area contributed by atoms with Gasteiger partial charge in [0.15, 0.2) is 0 Å². The molecule has 0 heterocycles. The molecule has 0 rings (SSSR count). The monoisotopic (exact) mass is 442 g/mol. The summed E-state index contributed by atoms with van der Waals surface area (Å²) in [6.07, 6.45) is 19.5. The van der Waals surface area contributed by atoms with Crippen molar-refractivity contribution in [1.82, 2.24) is 0 Å². The van der Waals surface area contributed by atoms with Gasteiger partial charge in [0.25, 0.3) is 0 Å². The molecule has 4 nitrogen and oxygen atoms in total. The van der Waals surface area contributed by atoms with Crippen molar-refractivity contribution in [3.63, 3.8) is 0 Å². The van der Waals surface area contributed by atoms with Gasteiger partial charge < -0.3 is 9.66 Å². The largest absolute Gasteiger partial charge is 1.00 e. The Morgan fingerprint density at radius 3 is 1.28 bits per heavy atom. The van der Waals surface area contributed by atoms with Crippen molar-refractivity contribution in [2.75, 3.05) is 0 Å². The Labute approximate surface area is 204 Å². The van der Waals surface area contributed by atoms with Crippen LogP contribution in [0.15, 0.2) is 0 Å². The van der Waals surface area contributed by atoms with E-state index in [1.54, 1.807) is 0 Å². The smallest absolute Gasteiger partial charge is 0.748 e. The first-order valence-electron chi connectivity index (χ1n) is 12.1. The molecule has 0 radical (unpaired) electrons. The van der Waals surface area contributed by atoms with E-state index in [4.69, 9.17) is 0 Å². The van der Waals surface area contributed by atoms with Crippen molar-refractivity contribution in [2.24, 2.45) is 0 Å². The zero-order valence-electron chi connectivity index (χ0n) is 19.7. The van der Waals surface area contributed by atoms with Crippen LogP contribution in [0.5, 0.6) is 0 Å². The Morgan fingerprint density at radius 2 is 0.931 bits per heavy atom. The van der Waals surface area contributed by atoms with E-state index < -0.39 is 21.5 Å². The third kappa shape index (κ3) is 20.5. The van der Waals surface area contributed by atoms with Crippen molar-refractivity contribution < 1.29 is 47.6 Å². The molecule has 0 fully saturated rings. The fraction of sp³-hybridized carbons (Fsp3) is 1.00. The molecule has 2 atom stereocenters. The third-order valence-electron chi connectivity index (χ3n) is 5.75.